The van der Waals surface area contributed by atoms with Gasteiger partial charge in [-0.15, -0.1) is 0 Å². The largest absolute Gasteiger partial charge is 0.372 e. The van der Waals surface area contributed by atoms with E-state index in [0.29, 0.717) is 0 Å². The van der Waals surface area contributed by atoms with Crippen molar-refractivity contribution in [2.75, 3.05) is 12.4 Å². The lowest BCUT2D eigenvalue weighted by Gasteiger charge is -2.03. The maximum atomic E-state index is 5.84. The molecular weight excluding hydrogens is 266 g/mol. The molecule has 0 saturated carbocycles. The number of hydrogen-bond acceptors (Lipinski definition) is 4. The molecule has 0 fully saturated rings. The lowest BCUT2D eigenvalue weighted by atomic mass is 10.2. The first-order valence-electron chi connectivity index (χ1n) is 5.59. The van der Waals surface area contributed by atoms with Crippen LogP contribution in [0.1, 0.15) is 11.3 Å². The minimum absolute atomic E-state index is 0.775. The summed E-state index contributed by atoms with van der Waals surface area (Å²) in [7, 11) is 1.83. The molecule has 2 aromatic rings. The molecule has 0 aliphatic heterocycles. The molecule has 94 valence electrons. The summed E-state index contributed by atoms with van der Waals surface area (Å²) >= 11 is 7.65. The van der Waals surface area contributed by atoms with Gasteiger partial charge in [0.2, 0.25) is 0 Å². The van der Waals surface area contributed by atoms with Crippen LogP contribution in [0.5, 0.6) is 0 Å². The van der Waals surface area contributed by atoms with Gasteiger partial charge in [0, 0.05) is 23.6 Å². The van der Waals surface area contributed by atoms with Crippen molar-refractivity contribution in [2.24, 2.45) is 0 Å². The maximum absolute atomic E-state index is 5.84. The van der Waals surface area contributed by atoms with Crippen LogP contribution >= 0.6 is 23.4 Å². The van der Waals surface area contributed by atoms with Gasteiger partial charge < -0.3 is 5.32 Å². The molecule has 0 amide bonds. The molecule has 3 nitrogen and oxygen atoms in total. The van der Waals surface area contributed by atoms with E-state index >= 15 is 0 Å². The summed E-state index contributed by atoms with van der Waals surface area (Å²) in [5, 5.41) is 3.72. The first kappa shape index (κ1) is 13.2. The lowest BCUT2D eigenvalue weighted by Crippen LogP contribution is -1.95. The average Bonchev–Trinajstić information content (AvgIpc) is 2.42. The third-order valence-corrected chi connectivity index (χ3v) is 3.68. The van der Waals surface area contributed by atoms with Gasteiger partial charge in [-0.1, -0.05) is 23.7 Å². The van der Waals surface area contributed by atoms with E-state index in [1.54, 1.807) is 12.4 Å². The average molecular weight is 280 g/mol. The van der Waals surface area contributed by atoms with Crippen LogP contribution in [0.2, 0.25) is 5.02 Å². The van der Waals surface area contributed by atoms with E-state index in [1.807, 2.05) is 43.1 Å². The van der Waals surface area contributed by atoms with Crippen LogP contribution < -0.4 is 5.32 Å². The number of halogens is 1. The quantitative estimate of drug-likeness (QED) is 0.907. The summed E-state index contributed by atoms with van der Waals surface area (Å²) in [6, 6.07) is 7.92. The van der Waals surface area contributed by atoms with Crippen molar-refractivity contribution in [1.82, 2.24) is 9.97 Å². The highest BCUT2D eigenvalue weighted by atomic mass is 35.5. The monoisotopic (exact) mass is 279 g/mol. The molecule has 18 heavy (non-hydrogen) atoms. The number of thioether (sulfide) groups is 1. The zero-order valence-corrected chi connectivity index (χ0v) is 11.6. The molecule has 0 unspecified atom stereocenters. The van der Waals surface area contributed by atoms with E-state index in [1.165, 1.54) is 5.56 Å². The summed E-state index contributed by atoms with van der Waals surface area (Å²) in [5.74, 6) is 2.60. The molecule has 0 spiro atoms. The molecule has 1 aromatic carbocycles. The zero-order chi connectivity index (χ0) is 12.8. The van der Waals surface area contributed by atoms with E-state index < -0.39 is 0 Å². The van der Waals surface area contributed by atoms with Crippen molar-refractivity contribution in [3.8, 4) is 0 Å². The molecule has 0 atom stereocenters. The Labute approximate surface area is 116 Å². The standard InChI is InChI=1S/C13H14ClN3S/c1-15-13-7-16-12(6-17-13)9-18-8-10-2-4-11(14)5-3-10/h2-7H,8-9H2,1H3,(H,15,17). The van der Waals surface area contributed by atoms with Crippen molar-refractivity contribution in [3.05, 3.63) is 52.9 Å². The first-order chi connectivity index (χ1) is 8.78. The highest BCUT2D eigenvalue weighted by Gasteiger charge is 1.98. The Morgan fingerprint density at radius 3 is 2.50 bits per heavy atom. The normalized spacial score (nSPS) is 10.3. The molecule has 0 aliphatic rings. The van der Waals surface area contributed by atoms with E-state index in [-0.39, 0.29) is 0 Å². The van der Waals surface area contributed by atoms with Crippen LogP contribution in [-0.2, 0) is 11.5 Å². The molecule has 0 radical (unpaired) electrons. The molecule has 1 aromatic heterocycles. The van der Waals surface area contributed by atoms with Gasteiger partial charge in [0.05, 0.1) is 18.1 Å². The second-order valence-corrected chi connectivity index (χ2v) is 5.18. The van der Waals surface area contributed by atoms with Crippen molar-refractivity contribution in [3.63, 3.8) is 0 Å². The Hall–Kier alpha value is -1.26. The Kier molecular flexibility index (Phi) is 4.84. The van der Waals surface area contributed by atoms with Gasteiger partial charge in [0.15, 0.2) is 0 Å². The van der Waals surface area contributed by atoms with Gasteiger partial charge >= 0.3 is 0 Å². The second kappa shape index (κ2) is 6.61. The Morgan fingerprint density at radius 1 is 1.11 bits per heavy atom. The number of nitrogens with one attached hydrogen (secondary N) is 1. The van der Waals surface area contributed by atoms with Crippen LogP contribution in [0.25, 0.3) is 0 Å². The smallest absolute Gasteiger partial charge is 0.144 e. The number of benzene rings is 1. The molecule has 0 bridgehead atoms. The first-order valence-corrected chi connectivity index (χ1v) is 7.12. The molecule has 0 saturated heterocycles. The second-order valence-electron chi connectivity index (χ2n) is 3.76. The highest BCUT2D eigenvalue weighted by molar-refractivity contribution is 7.97. The topological polar surface area (TPSA) is 37.8 Å². The lowest BCUT2D eigenvalue weighted by molar-refractivity contribution is 1.10. The number of aromatic nitrogens is 2. The number of rotatable bonds is 5. The minimum atomic E-state index is 0.775. The third kappa shape index (κ3) is 3.89. The maximum Gasteiger partial charge on any atom is 0.144 e. The third-order valence-electron chi connectivity index (χ3n) is 2.39. The van der Waals surface area contributed by atoms with E-state index in [4.69, 9.17) is 11.6 Å². The molecule has 1 N–H and O–H groups in total. The molecule has 0 aliphatic carbocycles. The minimum Gasteiger partial charge on any atom is -0.372 e. The van der Waals surface area contributed by atoms with Crippen LogP contribution in [-0.4, -0.2) is 17.0 Å². The fourth-order valence-corrected chi connectivity index (χ4v) is 2.43. The van der Waals surface area contributed by atoms with Crippen molar-refractivity contribution >= 4 is 29.2 Å². The highest BCUT2D eigenvalue weighted by Crippen LogP contribution is 2.18. The van der Waals surface area contributed by atoms with Crippen LogP contribution in [0.3, 0.4) is 0 Å². The van der Waals surface area contributed by atoms with E-state index in [2.05, 4.69) is 15.3 Å². The Balaban J connectivity index is 1.82. The summed E-state index contributed by atoms with van der Waals surface area (Å²) in [4.78, 5) is 8.56. The summed E-state index contributed by atoms with van der Waals surface area (Å²) in [6.07, 6.45) is 3.55. The zero-order valence-electron chi connectivity index (χ0n) is 10.1. The number of anilines is 1. The van der Waals surface area contributed by atoms with Crippen molar-refractivity contribution < 1.29 is 0 Å². The van der Waals surface area contributed by atoms with Gasteiger partial charge in [-0.25, -0.2) is 4.98 Å². The molecule has 1 heterocycles. The van der Waals surface area contributed by atoms with Gasteiger partial charge in [0.1, 0.15) is 5.82 Å². The van der Waals surface area contributed by atoms with Crippen LogP contribution in [0.4, 0.5) is 5.82 Å². The molecular formula is C13H14ClN3S. The summed E-state index contributed by atoms with van der Waals surface area (Å²) in [6.45, 7) is 0. The van der Waals surface area contributed by atoms with Gasteiger partial charge in [-0.2, -0.15) is 11.8 Å². The summed E-state index contributed by atoms with van der Waals surface area (Å²) < 4.78 is 0. The van der Waals surface area contributed by atoms with E-state index in [9.17, 15) is 0 Å². The Morgan fingerprint density at radius 2 is 1.89 bits per heavy atom. The van der Waals surface area contributed by atoms with Crippen LogP contribution in [0.15, 0.2) is 36.7 Å². The van der Waals surface area contributed by atoms with E-state index in [0.717, 1.165) is 28.0 Å². The SMILES string of the molecule is CNc1cnc(CSCc2ccc(Cl)cc2)cn1. The number of hydrogen-bond donors (Lipinski definition) is 1. The predicted molar refractivity (Wildman–Crippen MR) is 78.0 cm³/mol. The molecule has 2 rings (SSSR count). The summed E-state index contributed by atoms with van der Waals surface area (Å²) in [5.41, 5.74) is 2.26. The fourth-order valence-electron chi connectivity index (χ4n) is 1.41. The van der Waals surface area contributed by atoms with Gasteiger partial charge in [-0.3, -0.25) is 4.98 Å². The van der Waals surface area contributed by atoms with Crippen LogP contribution in [0, 0.1) is 0 Å². The Bertz CT molecular complexity index is 485. The molecule has 5 heteroatoms. The predicted octanol–water partition coefficient (Wildman–Crippen LogP) is 3.61. The van der Waals surface area contributed by atoms with Crippen molar-refractivity contribution in [2.45, 2.75) is 11.5 Å². The fraction of sp³-hybridized carbons (Fsp3) is 0.231. The van der Waals surface area contributed by atoms with Gasteiger partial charge in [0.25, 0.3) is 0 Å². The number of nitrogens with zero attached hydrogens (tertiary/aromatic N) is 2. The van der Waals surface area contributed by atoms with Crippen molar-refractivity contribution in [1.29, 1.82) is 0 Å². The van der Waals surface area contributed by atoms with Gasteiger partial charge in [-0.05, 0) is 17.7 Å².